The predicted octanol–water partition coefficient (Wildman–Crippen LogP) is 3.26. The molecule has 90 valence electrons. The minimum atomic E-state index is 0.105. The number of phenols is 1. The second-order valence-corrected chi connectivity index (χ2v) is 3.86. The van der Waals surface area contributed by atoms with Crippen LogP contribution in [0.5, 0.6) is 5.75 Å². The van der Waals surface area contributed by atoms with Gasteiger partial charge in [0.2, 0.25) is 0 Å². The first kappa shape index (κ1) is 11.9. The SMILES string of the molecule is O=Cc1ccc(/C=C(/O)c2ccc(O)cc2)cc1. The molecule has 3 nitrogen and oxygen atoms in total. The van der Waals surface area contributed by atoms with Crippen molar-refractivity contribution in [1.29, 1.82) is 0 Å². The molecule has 2 rings (SSSR count). The smallest absolute Gasteiger partial charge is 0.150 e. The number of benzene rings is 2. The Hall–Kier alpha value is -2.55. The molecule has 0 aliphatic carbocycles. The van der Waals surface area contributed by atoms with E-state index in [1.807, 2.05) is 0 Å². The summed E-state index contributed by atoms with van der Waals surface area (Å²) in [6, 6.07) is 13.1. The van der Waals surface area contributed by atoms with Crippen LogP contribution in [0.25, 0.3) is 11.8 Å². The summed E-state index contributed by atoms with van der Waals surface area (Å²) in [5.41, 5.74) is 2.01. The average molecular weight is 240 g/mol. The number of aliphatic hydroxyl groups is 1. The van der Waals surface area contributed by atoms with E-state index in [0.717, 1.165) is 11.8 Å². The van der Waals surface area contributed by atoms with E-state index in [1.165, 1.54) is 12.1 Å². The molecule has 3 heteroatoms. The minimum Gasteiger partial charge on any atom is -0.508 e. The normalized spacial score (nSPS) is 11.2. The maximum absolute atomic E-state index is 10.5. The molecule has 0 fully saturated rings. The lowest BCUT2D eigenvalue weighted by atomic mass is 10.1. The van der Waals surface area contributed by atoms with Gasteiger partial charge in [-0.1, -0.05) is 24.3 Å². The van der Waals surface area contributed by atoms with Crippen LogP contribution < -0.4 is 0 Å². The van der Waals surface area contributed by atoms with Gasteiger partial charge in [-0.3, -0.25) is 4.79 Å². The van der Waals surface area contributed by atoms with Gasteiger partial charge in [-0.25, -0.2) is 0 Å². The van der Waals surface area contributed by atoms with Gasteiger partial charge in [0.15, 0.2) is 0 Å². The van der Waals surface area contributed by atoms with Crippen LogP contribution in [0.4, 0.5) is 0 Å². The van der Waals surface area contributed by atoms with Crippen LogP contribution >= 0.6 is 0 Å². The molecule has 0 heterocycles. The topological polar surface area (TPSA) is 57.5 Å². The summed E-state index contributed by atoms with van der Waals surface area (Å²) >= 11 is 0. The highest BCUT2D eigenvalue weighted by Gasteiger charge is 1.99. The molecule has 2 aromatic carbocycles. The third-order valence-corrected chi connectivity index (χ3v) is 2.54. The summed E-state index contributed by atoms with van der Waals surface area (Å²) in [6.07, 6.45) is 2.37. The zero-order valence-electron chi connectivity index (χ0n) is 9.58. The van der Waals surface area contributed by atoms with Gasteiger partial charge in [0.05, 0.1) is 0 Å². The van der Waals surface area contributed by atoms with E-state index < -0.39 is 0 Å². The number of hydrogen-bond donors (Lipinski definition) is 2. The Morgan fingerprint density at radius 3 is 2.00 bits per heavy atom. The molecular weight excluding hydrogens is 228 g/mol. The molecule has 18 heavy (non-hydrogen) atoms. The summed E-state index contributed by atoms with van der Waals surface area (Å²) in [4.78, 5) is 10.5. The highest BCUT2D eigenvalue weighted by Crippen LogP contribution is 2.18. The Kier molecular flexibility index (Phi) is 3.44. The number of aromatic hydroxyl groups is 1. The molecule has 0 bridgehead atoms. The first-order valence-corrected chi connectivity index (χ1v) is 5.44. The Labute approximate surface area is 105 Å². The van der Waals surface area contributed by atoms with Gasteiger partial charge >= 0.3 is 0 Å². The van der Waals surface area contributed by atoms with Crippen LogP contribution in [-0.4, -0.2) is 16.5 Å². The predicted molar refractivity (Wildman–Crippen MR) is 70.4 cm³/mol. The van der Waals surface area contributed by atoms with Crippen molar-refractivity contribution in [2.75, 3.05) is 0 Å². The van der Waals surface area contributed by atoms with Gasteiger partial charge < -0.3 is 10.2 Å². The Morgan fingerprint density at radius 2 is 1.44 bits per heavy atom. The highest BCUT2D eigenvalue weighted by molar-refractivity contribution is 5.79. The van der Waals surface area contributed by atoms with Crippen molar-refractivity contribution in [3.05, 3.63) is 65.2 Å². The maximum atomic E-state index is 10.5. The highest BCUT2D eigenvalue weighted by atomic mass is 16.3. The Morgan fingerprint density at radius 1 is 0.889 bits per heavy atom. The fraction of sp³-hybridized carbons (Fsp3) is 0. The Bertz CT molecular complexity index is 566. The van der Waals surface area contributed by atoms with E-state index in [1.54, 1.807) is 42.5 Å². The fourth-order valence-corrected chi connectivity index (χ4v) is 1.54. The lowest BCUT2D eigenvalue weighted by Gasteiger charge is -2.01. The molecule has 0 unspecified atom stereocenters. The van der Waals surface area contributed by atoms with Crippen LogP contribution in [-0.2, 0) is 0 Å². The zero-order valence-corrected chi connectivity index (χ0v) is 9.58. The van der Waals surface area contributed by atoms with E-state index in [4.69, 9.17) is 5.11 Å². The third-order valence-electron chi connectivity index (χ3n) is 2.54. The fourth-order valence-electron chi connectivity index (χ4n) is 1.54. The van der Waals surface area contributed by atoms with Crippen molar-refractivity contribution in [3.8, 4) is 5.75 Å². The molecule has 2 N–H and O–H groups in total. The number of aliphatic hydroxyl groups excluding tert-OH is 1. The van der Waals surface area contributed by atoms with Crippen LogP contribution in [0.3, 0.4) is 0 Å². The van der Waals surface area contributed by atoms with Crippen LogP contribution in [0.1, 0.15) is 21.5 Å². The van der Waals surface area contributed by atoms with Crippen LogP contribution in [0.2, 0.25) is 0 Å². The van der Waals surface area contributed by atoms with Crippen molar-refractivity contribution in [2.24, 2.45) is 0 Å². The minimum absolute atomic E-state index is 0.105. The number of hydrogen-bond acceptors (Lipinski definition) is 3. The van der Waals surface area contributed by atoms with Gasteiger partial charge in [-0.15, -0.1) is 0 Å². The number of phenolic OH excluding ortho intramolecular Hbond substituents is 1. The van der Waals surface area contributed by atoms with Gasteiger partial charge in [0, 0.05) is 11.1 Å². The average Bonchev–Trinajstić information content (AvgIpc) is 2.40. The largest absolute Gasteiger partial charge is 0.508 e. The molecular formula is C15H12O3. The molecule has 0 radical (unpaired) electrons. The maximum Gasteiger partial charge on any atom is 0.150 e. The summed E-state index contributed by atoms with van der Waals surface area (Å²) in [6.45, 7) is 0. The number of rotatable bonds is 3. The van der Waals surface area contributed by atoms with Crippen molar-refractivity contribution < 1.29 is 15.0 Å². The molecule has 0 aliphatic rings. The van der Waals surface area contributed by atoms with Crippen molar-refractivity contribution in [2.45, 2.75) is 0 Å². The first-order chi connectivity index (χ1) is 8.69. The molecule has 0 aromatic heterocycles. The van der Waals surface area contributed by atoms with E-state index in [-0.39, 0.29) is 11.5 Å². The lowest BCUT2D eigenvalue weighted by molar-refractivity contribution is 0.112. The molecule has 2 aromatic rings. The lowest BCUT2D eigenvalue weighted by Crippen LogP contribution is -1.84. The standard InChI is InChI=1S/C15H12O3/c16-10-12-3-1-11(2-4-12)9-15(18)13-5-7-14(17)8-6-13/h1-10,17-18H/b15-9+. The van der Waals surface area contributed by atoms with Gasteiger partial charge in [-0.2, -0.15) is 0 Å². The second-order valence-electron chi connectivity index (χ2n) is 3.86. The van der Waals surface area contributed by atoms with Crippen molar-refractivity contribution in [1.82, 2.24) is 0 Å². The third kappa shape index (κ3) is 2.77. The number of aldehydes is 1. The summed E-state index contributed by atoms with van der Waals surface area (Å²) < 4.78 is 0. The molecule has 0 saturated carbocycles. The summed E-state index contributed by atoms with van der Waals surface area (Å²) in [5, 5.41) is 19.1. The van der Waals surface area contributed by atoms with Crippen LogP contribution in [0, 0.1) is 0 Å². The van der Waals surface area contributed by atoms with Crippen molar-refractivity contribution in [3.63, 3.8) is 0 Å². The molecule has 0 amide bonds. The first-order valence-electron chi connectivity index (χ1n) is 5.44. The van der Waals surface area contributed by atoms with Gasteiger partial charge in [0.25, 0.3) is 0 Å². The van der Waals surface area contributed by atoms with E-state index in [9.17, 15) is 9.90 Å². The van der Waals surface area contributed by atoms with Crippen molar-refractivity contribution >= 4 is 18.1 Å². The molecule has 0 atom stereocenters. The Balaban J connectivity index is 2.26. The van der Waals surface area contributed by atoms with E-state index in [2.05, 4.69) is 0 Å². The summed E-state index contributed by atoms with van der Waals surface area (Å²) in [5.74, 6) is 0.260. The van der Waals surface area contributed by atoms with Gasteiger partial charge in [-0.05, 0) is 35.9 Å². The monoisotopic (exact) mass is 240 g/mol. The molecule has 0 aliphatic heterocycles. The van der Waals surface area contributed by atoms with Crippen LogP contribution in [0.15, 0.2) is 48.5 Å². The zero-order chi connectivity index (χ0) is 13.0. The summed E-state index contributed by atoms with van der Waals surface area (Å²) in [7, 11) is 0. The molecule has 0 spiro atoms. The molecule has 0 saturated heterocycles. The quantitative estimate of drug-likeness (QED) is 0.492. The number of carbonyl (C=O) groups excluding carboxylic acids is 1. The second kappa shape index (κ2) is 5.19. The van der Waals surface area contributed by atoms with E-state index >= 15 is 0 Å². The number of carbonyl (C=O) groups is 1. The van der Waals surface area contributed by atoms with Gasteiger partial charge in [0.1, 0.15) is 17.8 Å². The van der Waals surface area contributed by atoms with E-state index in [0.29, 0.717) is 11.1 Å².